The summed E-state index contributed by atoms with van der Waals surface area (Å²) < 4.78 is 14.5. The van der Waals surface area contributed by atoms with Crippen molar-refractivity contribution >= 4 is 11.6 Å². The molecule has 0 saturated carbocycles. The maximum Gasteiger partial charge on any atom is 0.221 e. The highest BCUT2D eigenvalue weighted by Gasteiger charge is 2.18. The van der Waals surface area contributed by atoms with Gasteiger partial charge in [0.1, 0.15) is 5.82 Å². The van der Waals surface area contributed by atoms with Gasteiger partial charge in [0.15, 0.2) is 0 Å². The SMILES string of the molecule is CCC/C=C/N/C=C(\C)C(Cc1ccc(NC(C)=O)c(F)c1)c1cccc(C)c1C. The molecule has 3 nitrogen and oxygen atoms in total. The molecule has 160 valence electrons. The number of anilines is 1. The predicted molar refractivity (Wildman–Crippen MR) is 124 cm³/mol. The van der Waals surface area contributed by atoms with Gasteiger partial charge >= 0.3 is 0 Å². The molecular weight excluding hydrogens is 375 g/mol. The number of nitrogens with one attached hydrogen (secondary N) is 2. The predicted octanol–water partition coefficient (Wildman–Crippen LogP) is 6.53. The molecule has 0 bridgehead atoms. The Morgan fingerprint density at radius 1 is 1.17 bits per heavy atom. The highest BCUT2D eigenvalue weighted by Crippen LogP contribution is 2.32. The first-order chi connectivity index (χ1) is 14.3. The topological polar surface area (TPSA) is 41.1 Å². The van der Waals surface area contributed by atoms with Gasteiger partial charge in [-0.3, -0.25) is 4.79 Å². The fraction of sp³-hybridized carbons (Fsp3) is 0.346. The Bertz CT molecular complexity index is 931. The summed E-state index contributed by atoms with van der Waals surface area (Å²) in [7, 11) is 0. The summed E-state index contributed by atoms with van der Waals surface area (Å²) in [5.74, 6) is -0.580. The Kier molecular flexibility index (Phi) is 8.85. The minimum absolute atomic E-state index is 0.114. The highest BCUT2D eigenvalue weighted by atomic mass is 19.1. The summed E-state index contributed by atoms with van der Waals surface area (Å²) in [6.45, 7) is 9.88. The normalized spacial score (nSPS) is 12.8. The summed E-state index contributed by atoms with van der Waals surface area (Å²) >= 11 is 0. The molecule has 2 rings (SSSR count). The lowest BCUT2D eigenvalue weighted by Crippen LogP contribution is -2.11. The Morgan fingerprint density at radius 3 is 2.60 bits per heavy atom. The van der Waals surface area contributed by atoms with Crippen molar-refractivity contribution in [3.63, 3.8) is 0 Å². The van der Waals surface area contributed by atoms with Crippen LogP contribution < -0.4 is 10.6 Å². The Hall–Kier alpha value is -2.88. The molecule has 1 amide bonds. The van der Waals surface area contributed by atoms with Crippen LogP contribution in [0.4, 0.5) is 10.1 Å². The van der Waals surface area contributed by atoms with Crippen LogP contribution in [0.3, 0.4) is 0 Å². The molecule has 1 unspecified atom stereocenters. The number of hydrogen-bond acceptors (Lipinski definition) is 2. The van der Waals surface area contributed by atoms with Crippen LogP contribution in [0.1, 0.15) is 61.8 Å². The smallest absolute Gasteiger partial charge is 0.221 e. The molecule has 0 aliphatic heterocycles. The second kappa shape index (κ2) is 11.3. The van der Waals surface area contributed by atoms with Crippen molar-refractivity contribution in [3.8, 4) is 0 Å². The van der Waals surface area contributed by atoms with Gasteiger partial charge in [-0.05, 0) is 86.0 Å². The van der Waals surface area contributed by atoms with Gasteiger partial charge in [0.05, 0.1) is 5.69 Å². The molecule has 0 radical (unpaired) electrons. The monoisotopic (exact) mass is 408 g/mol. The molecule has 0 aliphatic carbocycles. The highest BCUT2D eigenvalue weighted by molar-refractivity contribution is 5.88. The largest absolute Gasteiger partial charge is 0.368 e. The fourth-order valence-corrected chi connectivity index (χ4v) is 3.48. The van der Waals surface area contributed by atoms with Gasteiger partial charge < -0.3 is 10.6 Å². The maximum absolute atomic E-state index is 14.5. The first kappa shape index (κ1) is 23.4. The number of aryl methyl sites for hydroxylation is 1. The summed E-state index contributed by atoms with van der Waals surface area (Å²) in [5.41, 5.74) is 6.03. The van der Waals surface area contributed by atoms with E-state index in [1.54, 1.807) is 6.07 Å². The van der Waals surface area contributed by atoms with Crippen LogP contribution in [0.25, 0.3) is 0 Å². The Morgan fingerprint density at radius 2 is 1.93 bits per heavy atom. The summed E-state index contributed by atoms with van der Waals surface area (Å²) in [4.78, 5) is 11.2. The van der Waals surface area contributed by atoms with E-state index in [4.69, 9.17) is 0 Å². The summed E-state index contributed by atoms with van der Waals surface area (Å²) in [6.07, 6.45) is 8.94. The van der Waals surface area contributed by atoms with Gasteiger partial charge in [0, 0.05) is 12.8 Å². The van der Waals surface area contributed by atoms with Gasteiger partial charge in [-0.1, -0.05) is 43.7 Å². The number of hydrogen-bond donors (Lipinski definition) is 2. The van der Waals surface area contributed by atoms with Crippen molar-refractivity contribution < 1.29 is 9.18 Å². The Balaban J connectivity index is 2.34. The lowest BCUT2D eigenvalue weighted by atomic mass is 9.83. The third-order valence-electron chi connectivity index (χ3n) is 5.34. The quantitative estimate of drug-likeness (QED) is 0.495. The van der Waals surface area contributed by atoms with Crippen LogP contribution in [0, 0.1) is 19.7 Å². The number of benzene rings is 2. The molecule has 0 spiro atoms. The van der Waals surface area contributed by atoms with Crippen LogP contribution >= 0.6 is 0 Å². The van der Waals surface area contributed by atoms with E-state index in [0.717, 1.165) is 18.4 Å². The van der Waals surface area contributed by atoms with E-state index in [0.29, 0.717) is 6.42 Å². The van der Waals surface area contributed by atoms with Gasteiger partial charge in [0.25, 0.3) is 0 Å². The zero-order valence-corrected chi connectivity index (χ0v) is 18.7. The lowest BCUT2D eigenvalue weighted by molar-refractivity contribution is -0.114. The van der Waals surface area contributed by atoms with Crippen molar-refractivity contribution in [2.75, 3.05) is 5.32 Å². The molecule has 1 atom stereocenters. The molecule has 0 heterocycles. The van der Waals surface area contributed by atoms with Crippen LogP contribution in [0.2, 0.25) is 0 Å². The second-order valence-corrected chi connectivity index (χ2v) is 7.79. The number of rotatable bonds is 9. The number of allylic oxidation sites excluding steroid dienone is 2. The number of carbonyl (C=O) groups is 1. The van der Waals surface area contributed by atoms with Gasteiger partial charge in [0.2, 0.25) is 5.91 Å². The molecule has 2 aromatic rings. The van der Waals surface area contributed by atoms with Crippen LogP contribution in [0.15, 0.2) is 60.4 Å². The van der Waals surface area contributed by atoms with Crippen molar-refractivity contribution in [1.82, 2.24) is 5.32 Å². The van der Waals surface area contributed by atoms with Crippen molar-refractivity contribution in [3.05, 3.63) is 88.5 Å². The van der Waals surface area contributed by atoms with Crippen LogP contribution in [0.5, 0.6) is 0 Å². The number of amides is 1. The zero-order chi connectivity index (χ0) is 22.1. The van der Waals surface area contributed by atoms with E-state index in [2.05, 4.69) is 62.6 Å². The molecule has 2 N–H and O–H groups in total. The standard InChI is InChI=1S/C26H33FN2O/c1-6-7-8-14-28-17-19(3)24(23-11-9-10-18(2)20(23)4)15-22-12-13-26(25(27)16-22)29-21(5)30/h8-14,16-17,24,28H,6-7,15H2,1-5H3,(H,29,30)/b14-8+,19-17+. The van der Waals surface area contributed by atoms with E-state index in [9.17, 15) is 9.18 Å². The van der Waals surface area contributed by atoms with Crippen molar-refractivity contribution in [2.45, 2.75) is 59.8 Å². The van der Waals surface area contributed by atoms with Gasteiger partial charge in [-0.25, -0.2) is 4.39 Å². The molecule has 0 fully saturated rings. The molecule has 0 aromatic heterocycles. The molecule has 0 aliphatic rings. The lowest BCUT2D eigenvalue weighted by Gasteiger charge is -2.22. The first-order valence-corrected chi connectivity index (χ1v) is 10.5. The zero-order valence-electron chi connectivity index (χ0n) is 18.7. The van der Waals surface area contributed by atoms with Gasteiger partial charge in [-0.15, -0.1) is 0 Å². The van der Waals surface area contributed by atoms with Crippen molar-refractivity contribution in [1.29, 1.82) is 0 Å². The molecule has 30 heavy (non-hydrogen) atoms. The number of halogens is 1. The number of unbranched alkanes of at least 4 members (excludes halogenated alkanes) is 1. The van der Waals surface area contributed by atoms with Gasteiger partial charge in [-0.2, -0.15) is 0 Å². The minimum Gasteiger partial charge on any atom is -0.368 e. The minimum atomic E-state index is -0.412. The van der Waals surface area contributed by atoms with Crippen LogP contribution in [-0.4, -0.2) is 5.91 Å². The molecule has 4 heteroatoms. The van der Waals surface area contributed by atoms with Crippen LogP contribution in [-0.2, 0) is 11.2 Å². The average Bonchev–Trinajstić information content (AvgIpc) is 2.70. The molecular formula is C26H33FN2O. The van der Waals surface area contributed by atoms with E-state index in [1.807, 2.05) is 18.5 Å². The first-order valence-electron chi connectivity index (χ1n) is 10.5. The maximum atomic E-state index is 14.5. The third kappa shape index (κ3) is 6.58. The third-order valence-corrected chi connectivity index (χ3v) is 5.34. The second-order valence-electron chi connectivity index (χ2n) is 7.79. The average molecular weight is 409 g/mol. The number of carbonyl (C=O) groups excluding carboxylic acids is 1. The summed E-state index contributed by atoms with van der Waals surface area (Å²) in [6, 6.07) is 11.4. The van der Waals surface area contributed by atoms with E-state index in [-0.39, 0.29) is 17.5 Å². The van der Waals surface area contributed by atoms with E-state index < -0.39 is 5.82 Å². The van der Waals surface area contributed by atoms with E-state index in [1.165, 1.54) is 35.3 Å². The Labute approximate surface area is 180 Å². The summed E-state index contributed by atoms with van der Waals surface area (Å²) in [5, 5.41) is 5.79. The fourth-order valence-electron chi connectivity index (χ4n) is 3.48. The van der Waals surface area contributed by atoms with E-state index >= 15 is 0 Å². The molecule has 2 aromatic carbocycles. The van der Waals surface area contributed by atoms with Crippen molar-refractivity contribution in [2.24, 2.45) is 0 Å². The molecule has 0 saturated heterocycles.